The average molecular weight is 196 g/mol. The molecule has 0 bridgehead atoms. The van der Waals surface area contributed by atoms with Gasteiger partial charge in [0.1, 0.15) is 6.10 Å². The Hall–Kier alpha value is -0.900. The minimum Gasteiger partial charge on any atom is -0.382 e. The Kier molecular flexibility index (Phi) is 2.31. The van der Waals surface area contributed by atoms with Gasteiger partial charge in [0.15, 0.2) is 0 Å². The smallest absolute Gasteiger partial charge is 0.269 e. The Morgan fingerprint density at radius 1 is 1.43 bits per heavy atom. The van der Waals surface area contributed by atoms with Gasteiger partial charge in [-0.3, -0.25) is 4.79 Å². The van der Waals surface area contributed by atoms with Crippen LogP contribution in [0.15, 0.2) is 5.10 Å². The van der Waals surface area contributed by atoms with Crippen LogP contribution in [-0.2, 0) is 4.79 Å². The molecule has 0 aromatic carbocycles. The first-order valence-corrected chi connectivity index (χ1v) is 5.19. The van der Waals surface area contributed by atoms with Crippen LogP contribution in [0.5, 0.6) is 0 Å². The van der Waals surface area contributed by atoms with E-state index >= 15 is 0 Å². The third-order valence-electron chi connectivity index (χ3n) is 3.57. The molecule has 1 heterocycles. The highest BCUT2D eigenvalue weighted by atomic mass is 16.3. The van der Waals surface area contributed by atoms with E-state index in [0.717, 1.165) is 31.4 Å². The fourth-order valence-electron chi connectivity index (χ4n) is 2.58. The van der Waals surface area contributed by atoms with Crippen molar-refractivity contribution in [3.05, 3.63) is 0 Å². The number of aliphatic hydroxyl groups is 1. The van der Waals surface area contributed by atoms with Crippen molar-refractivity contribution in [2.45, 2.75) is 45.1 Å². The summed E-state index contributed by atoms with van der Waals surface area (Å²) in [5, 5.41) is 13.9. The number of carbonyl (C=O) groups excluding carboxylic acids is 1. The highest BCUT2D eigenvalue weighted by Gasteiger charge is 2.47. The molecule has 0 aromatic rings. The molecule has 0 aromatic heterocycles. The van der Waals surface area contributed by atoms with Gasteiger partial charge in [0.25, 0.3) is 5.91 Å². The van der Waals surface area contributed by atoms with Crippen molar-refractivity contribution in [2.75, 3.05) is 0 Å². The Morgan fingerprint density at radius 2 is 2.07 bits per heavy atom. The van der Waals surface area contributed by atoms with Gasteiger partial charge in [-0.1, -0.05) is 19.3 Å². The van der Waals surface area contributed by atoms with E-state index in [1.165, 1.54) is 6.42 Å². The number of rotatable bonds is 0. The number of nitrogens with zero attached hydrogens (tertiary/aromatic N) is 1. The maximum absolute atomic E-state index is 11.3. The van der Waals surface area contributed by atoms with Crippen LogP contribution in [0.1, 0.15) is 39.0 Å². The highest BCUT2D eigenvalue weighted by Crippen LogP contribution is 2.41. The van der Waals surface area contributed by atoms with E-state index in [1.54, 1.807) is 0 Å². The van der Waals surface area contributed by atoms with Crippen LogP contribution in [0.2, 0.25) is 0 Å². The number of nitrogens with one attached hydrogen (secondary N) is 1. The SMILES string of the molecule is CC1=NNC(=O)[C@H](O)C12CCCCC2. The van der Waals surface area contributed by atoms with Crippen LogP contribution in [-0.4, -0.2) is 22.8 Å². The predicted octanol–water partition coefficient (Wildman–Crippen LogP) is 0.803. The molecule has 14 heavy (non-hydrogen) atoms. The molecule has 1 spiro atoms. The molecule has 0 saturated heterocycles. The molecule has 0 radical (unpaired) electrons. The van der Waals surface area contributed by atoms with Gasteiger partial charge >= 0.3 is 0 Å². The van der Waals surface area contributed by atoms with E-state index in [1.807, 2.05) is 6.92 Å². The Balaban J connectivity index is 2.32. The van der Waals surface area contributed by atoms with Crippen LogP contribution in [0.3, 0.4) is 0 Å². The molecular formula is C10H16N2O2. The van der Waals surface area contributed by atoms with E-state index in [0.29, 0.717) is 0 Å². The summed E-state index contributed by atoms with van der Waals surface area (Å²) in [4.78, 5) is 11.3. The second-order valence-corrected chi connectivity index (χ2v) is 4.29. The quantitative estimate of drug-likeness (QED) is 0.602. The van der Waals surface area contributed by atoms with Crippen molar-refractivity contribution in [1.29, 1.82) is 0 Å². The van der Waals surface area contributed by atoms with Gasteiger partial charge in [-0.25, -0.2) is 5.43 Å². The summed E-state index contributed by atoms with van der Waals surface area (Å²) in [6, 6.07) is 0. The Labute approximate surface area is 83.4 Å². The molecule has 2 N–H and O–H groups in total. The number of aliphatic hydroxyl groups excluding tert-OH is 1. The molecule has 1 atom stereocenters. The van der Waals surface area contributed by atoms with E-state index in [4.69, 9.17) is 0 Å². The normalized spacial score (nSPS) is 31.1. The first-order valence-electron chi connectivity index (χ1n) is 5.19. The van der Waals surface area contributed by atoms with Crippen LogP contribution in [0, 0.1) is 5.41 Å². The lowest BCUT2D eigenvalue weighted by Gasteiger charge is -2.42. The number of amides is 1. The van der Waals surface area contributed by atoms with Gasteiger partial charge in [-0.05, 0) is 19.8 Å². The van der Waals surface area contributed by atoms with Gasteiger partial charge in [0.05, 0.1) is 0 Å². The molecule has 1 fully saturated rings. The first kappa shape index (κ1) is 9.65. The van der Waals surface area contributed by atoms with Crippen molar-refractivity contribution in [3.8, 4) is 0 Å². The Bertz CT molecular complexity index is 280. The third kappa shape index (κ3) is 1.25. The minimum atomic E-state index is -0.903. The largest absolute Gasteiger partial charge is 0.382 e. The van der Waals surface area contributed by atoms with Crippen molar-refractivity contribution in [1.82, 2.24) is 5.43 Å². The summed E-state index contributed by atoms with van der Waals surface area (Å²) < 4.78 is 0. The van der Waals surface area contributed by atoms with E-state index < -0.39 is 6.10 Å². The van der Waals surface area contributed by atoms with Crippen molar-refractivity contribution in [3.63, 3.8) is 0 Å². The van der Waals surface area contributed by atoms with Gasteiger partial charge in [-0.2, -0.15) is 5.10 Å². The molecule has 1 aliphatic heterocycles. The number of carbonyl (C=O) groups is 1. The van der Waals surface area contributed by atoms with Gasteiger partial charge in [0.2, 0.25) is 0 Å². The molecule has 2 rings (SSSR count). The molecule has 78 valence electrons. The van der Waals surface area contributed by atoms with E-state index in [2.05, 4.69) is 10.5 Å². The number of hydrogen-bond acceptors (Lipinski definition) is 3. The first-order chi connectivity index (χ1) is 6.67. The van der Waals surface area contributed by atoms with Crippen LogP contribution in [0.25, 0.3) is 0 Å². The molecule has 4 heteroatoms. The highest BCUT2D eigenvalue weighted by molar-refractivity contribution is 5.98. The van der Waals surface area contributed by atoms with Gasteiger partial charge in [-0.15, -0.1) is 0 Å². The summed E-state index contributed by atoms with van der Waals surface area (Å²) in [6.45, 7) is 1.90. The maximum atomic E-state index is 11.3. The van der Waals surface area contributed by atoms with E-state index in [9.17, 15) is 9.90 Å². The van der Waals surface area contributed by atoms with E-state index in [-0.39, 0.29) is 11.3 Å². The lowest BCUT2D eigenvalue weighted by Crippen LogP contribution is -2.54. The van der Waals surface area contributed by atoms with Gasteiger partial charge < -0.3 is 5.11 Å². The molecule has 4 nitrogen and oxygen atoms in total. The van der Waals surface area contributed by atoms with Crippen molar-refractivity contribution in [2.24, 2.45) is 10.5 Å². The van der Waals surface area contributed by atoms with Crippen LogP contribution < -0.4 is 5.43 Å². The zero-order valence-electron chi connectivity index (χ0n) is 8.42. The molecule has 1 aliphatic carbocycles. The molecular weight excluding hydrogens is 180 g/mol. The summed E-state index contributed by atoms with van der Waals surface area (Å²) in [5.74, 6) is -0.350. The topological polar surface area (TPSA) is 61.7 Å². The minimum absolute atomic E-state index is 0.350. The fourth-order valence-corrected chi connectivity index (χ4v) is 2.58. The molecule has 0 unspecified atom stereocenters. The maximum Gasteiger partial charge on any atom is 0.269 e. The zero-order valence-corrected chi connectivity index (χ0v) is 8.42. The summed E-state index contributed by atoms with van der Waals surface area (Å²) in [6.07, 6.45) is 4.23. The second-order valence-electron chi connectivity index (χ2n) is 4.29. The predicted molar refractivity (Wildman–Crippen MR) is 52.8 cm³/mol. The third-order valence-corrected chi connectivity index (χ3v) is 3.57. The Morgan fingerprint density at radius 3 is 2.71 bits per heavy atom. The second kappa shape index (κ2) is 3.35. The molecule has 1 saturated carbocycles. The average Bonchev–Trinajstić information content (AvgIpc) is 2.23. The standard InChI is InChI=1S/C10H16N2O2/c1-7-10(5-3-2-4-6-10)8(13)9(14)12-11-7/h8,13H,2-6H2,1H3,(H,12,14)/t8-/m0/s1. The summed E-state index contributed by atoms with van der Waals surface area (Å²) in [5.41, 5.74) is 2.87. The van der Waals surface area contributed by atoms with Gasteiger partial charge in [0, 0.05) is 11.1 Å². The van der Waals surface area contributed by atoms with Crippen molar-refractivity contribution < 1.29 is 9.90 Å². The number of hydrogen-bond donors (Lipinski definition) is 2. The fraction of sp³-hybridized carbons (Fsp3) is 0.800. The van der Waals surface area contributed by atoms with Crippen LogP contribution >= 0.6 is 0 Å². The van der Waals surface area contributed by atoms with Crippen LogP contribution in [0.4, 0.5) is 0 Å². The lowest BCUT2D eigenvalue weighted by molar-refractivity contribution is -0.136. The summed E-state index contributed by atoms with van der Waals surface area (Å²) in [7, 11) is 0. The summed E-state index contributed by atoms with van der Waals surface area (Å²) >= 11 is 0. The monoisotopic (exact) mass is 196 g/mol. The van der Waals surface area contributed by atoms with Crippen molar-refractivity contribution >= 4 is 11.6 Å². The number of hydrazone groups is 1. The lowest BCUT2D eigenvalue weighted by atomic mass is 9.66. The zero-order chi connectivity index (χ0) is 10.2. The molecule has 2 aliphatic rings. The molecule has 1 amide bonds.